The summed E-state index contributed by atoms with van der Waals surface area (Å²) in [6.45, 7) is 4.58. The number of amides is 2. The van der Waals surface area contributed by atoms with Crippen LogP contribution in [0.1, 0.15) is 30.0 Å². The predicted octanol–water partition coefficient (Wildman–Crippen LogP) is 3.13. The molecular formula is C15H21N5OS2. The zero-order valence-electron chi connectivity index (χ0n) is 13.5. The molecule has 2 rings (SSSR count). The predicted molar refractivity (Wildman–Crippen MR) is 93.8 cm³/mol. The molecule has 124 valence electrons. The molecule has 2 aromatic rings. The molecule has 0 aromatic carbocycles. The second-order valence-corrected chi connectivity index (χ2v) is 7.62. The topological polar surface area (TPSA) is 71.0 Å². The minimum absolute atomic E-state index is 0.0116. The van der Waals surface area contributed by atoms with Gasteiger partial charge in [-0.1, -0.05) is 29.2 Å². The third kappa shape index (κ3) is 5.47. The van der Waals surface area contributed by atoms with Crippen molar-refractivity contribution in [1.82, 2.24) is 25.4 Å². The van der Waals surface area contributed by atoms with Gasteiger partial charge in [0, 0.05) is 31.7 Å². The molecule has 0 unspecified atom stereocenters. The van der Waals surface area contributed by atoms with Crippen LogP contribution >= 0.6 is 23.1 Å². The molecule has 0 aliphatic rings. The van der Waals surface area contributed by atoms with E-state index in [1.165, 1.54) is 0 Å². The summed E-state index contributed by atoms with van der Waals surface area (Å²) in [6.07, 6.45) is 4.41. The van der Waals surface area contributed by atoms with E-state index in [1.807, 2.05) is 26.0 Å². The molecule has 2 amide bonds. The van der Waals surface area contributed by atoms with Crippen molar-refractivity contribution in [1.29, 1.82) is 0 Å². The van der Waals surface area contributed by atoms with Crippen molar-refractivity contribution in [2.75, 3.05) is 19.3 Å². The first kappa shape index (κ1) is 17.7. The number of thioether (sulfide) groups is 1. The third-order valence-corrected chi connectivity index (χ3v) is 5.46. The number of carbonyl (C=O) groups excluding carboxylic acids is 1. The van der Waals surface area contributed by atoms with Gasteiger partial charge in [0.05, 0.1) is 6.04 Å². The minimum Gasteiger partial charge on any atom is -0.338 e. The third-order valence-electron chi connectivity index (χ3n) is 3.40. The van der Waals surface area contributed by atoms with Crippen LogP contribution < -0.4 is 5.32 Å². The van der Waals surface area contributed by atoms with E-state index in [9.17, 15) is 4.79 Å². The number of rotatable bonds is 7. The van der Waals surface area contributed by atoms with Gasteiger partial charge in [-0.15, -0.1) is 10.2 Å². The highest BCUT2D eigenvalue weighted by molar-refractivity contribution is 8.01. The van der Waals surface area contributed by atoms with E-state index >= 15 is 0 Å². The van der Waals surface area contributed by atoms with Crippen molar-refractivity contribution in [3.63, 3.8) is 0 Å². The highest BCUT2D eigenvalue weighted by Gasteiger charge is 2.16. The van der Waals surface area contributed by atoms with Crippen molar-refractivity contribution in [3.8, 4) is 0 Å². The van der Waals surface area contributed by atoms with Gasteiger partial charge >= 0.3 is 6.03 Å². The largest absolute Gasteiger partial charge is 0.338 e. The summed E-state index contributed by atoms with van der Waals surface area (Å²) in [5.74, 6) is 0.913. The van der Waals surface area contributed by atoms with Gasteiger partial charge in [0.1, 0.15) is 5.01 Å². The van der Waals surface area contributed by atoms with Crippen molar-refractivity contribution in [2.45, 2.75) is 30.6 Å². The Hall–Kier alpha value is -1.67. The number of hydrogen-bond donors (Lipinski definition) is 1. The van der Waals surface area contributed by atoms with Crippen molar-refractivity contribution >= 4 is 29.1 Å². The molecule has 0 radical (unpaired) electrons. The van der Waals surface area contributed by atoms with E-state index in [2.05, 4.69) is 20.5 Å². The first-order valence-electron chi connectivity index (χ1n) is 7.41. The maximum atomic E-state index is 12.2. The molecule has 0 bridgehead atoms. The molecule has 0 fully saturated rings. The van der Waals surface area contributed by atoms with Crippen LogP contribution in [0.2, 0.25) is 0 Å². The van der Waals surface area contributed by atoms with Gasteiger partial charge in [-0.05, 0) is 31.9 Å². The van der Waals surface area contributed by atoms with Crippen LogP contribution in [0.5, 0.6) is 0 Å². The van der Waals surface area contributed by atoms with Crippen LogP contribution in [-0.4, -0.2) is 45.5 Å². The second kappa shape index (κ2) is 8.83. The second-order valence-electron chi connectivity index (χ2n) is 5.09. The molecule has 0 spiro atoms. The number of aromatic nitrogens is 3. The van der Waals surface area contributed by atoms with Crippen LogP contribution in [0.3, 0.4) is 0 Å². The summed E-state index contributed by atoms with van der Waals surface area (Å²) in [5.41, 5.74) is 1.02. The summed E-state index contributed by atoms with van der Waals surface area (Å²) in [5, 5.41) is 12.0. The standard InChI is InChI=1S/C15H21N5OS2/c1-11(13-6-4-7-16-10-13)20(3)14(21)17-8-5-9-22-15-19-18-12(2)23-15/h4,6-7,10-11H,5,8-9H2,1-3H3,(H,17,21)/t11-/m1/s1. The summed E-state index contributed by atoms with van der Waals surface area (Å²) in [6, 6.07) is 3.77. The molecule has 2 heterocycles. The van der Waals surface area contributed by atoms with E-state index in [0.717, 1.165) is 27.1 Å². The van der Waals surface area contributed by atoms with Gasteiger partial charge in [-0.2, -0.15) is 0 Å². The average Bonchev–Trinajstić information content (AvgIpc) is 2.99. The Bertz CT molecular complexity index is 619. The number of hydrogen-bond acceptors (Lipinski definition) is 6. The van der Waals surface area contributed by atoms with Gasteiger partial charge in [0.25, 0.3) is 0 Å². The number of carbonyl (C=O) groups is 1. The Labute approximate surface area is 144 Å². The van der Waals surface area contributed by atoms with Gasteiger partial charge < -0.3 is 10.2 Å². The molecule has 0 aliphatic heterocycles. The summed E-state index contributed by atoms with van der Waals surface area (Å²) in [7, 11) is 1.80. The summed E-state index contributed by atoms with van der Waals surface area (Å²) < 4.78 is 0.983. The number of nitrogens with one attached hydrogen (secondary N) is 1. The molecule has 0 saturated heterocycles. The van der Waals surface area contributed by atoms with E-state index < -0.39 is 0 Å². The van der Waals surface area contributed by atoms with E-state index in [4.69, 9.17) is 0 Å². The van der Waals surface area contributed by atoms with Crippen molar-refractivity contribution in [2.24, 2.45) is 0 Å². The average molecular weight is 352 g/mol. The maximum absolute atomic E-state index is 12.2. The fourth-order valence-electron chi connectivity index (χ4n) is 1.91. The van der Waals surface area contributed by atoms with Gasteiger partial charge in [-0.25, -0.2) is 4.79 Å². The highest BCUT2D eigenvalue weighted by atomic mass is 32.2. The number of aryl methyl sites for hydroxylation is 1. The Kier molecular flexibility index (Phi) is 6.79. The van der Waals surface area contributed by atoms with Gasteiger partial charge in [0.15, 0.2) is 4.34 Å². The fraction of sp³-hybridized carbons (Fsp3) is 0.467. The molecule has 0 saturated carbocycles. The lowest BCUT2D eigenvalue weighted by molar-refractivity contribution is 0.194. The first-order chi connectivity index (χ1) is 11.1. The van der Waals surface area contributed by atoms with E-state index in [1.54, 1.807) is 47.4 Å². The van der Waals surface area contributed by atoms with Crippen molar-refractivity contribution in [3.05, 3.63) is 35.1 Å². The van der Waals surface area contributed by atoms with Gasteiger partial charge in [-0.3, -0.25) is 4.98 Å². The van der Waals surface area contributed by atoms with Crippen molar-refractivity contribution < 1.29 is 4.79 Å². The number of urea groups is 1. The Morgan fingerprint density at radius 2 is 2.30 bits per heavy atom. The van der Waals surface area contributed by atoms with Crippen LogP contribution in [-0.2, 0) is 0 Å². The summed E-state index contributed by atoms with van der Waals surface area (Å²) >= 11 is 3.27. The Balaban J connectivity index is 1.67. The van der Waals surface area contributed by atoms with Gasteiger partial charge in [0.2, 0.25) is 0 Å². The molecule has 2 aromatic heterocycles. The monoisotopic (exact) mass is 351 g/mol. The first-order valence-corrected chi connectivity index (χ1v) is 9.21. The lowest BCUT2D eigenvalue weighted by atomic mass is 10.1. The molecule has 1 atom stereocenters. The highest BCUT2D eigenvalue weighted by Crippen LogP contribution is 2.22. The smallest absolute Gasteiger partial charge is 0.317 e. The van der Waals surface area contributed by atoms with Crippen LogP contribution in [0.25, 0.3) is 0 Å². The Morgan fingerprint density at radius 3 is 2.96 bits per heavy atom. The molecule has 23 heavy (non-hydrogen) atoms. The fourth-order valence-corrected chi connectivity index (χ4v) is 3.74. The molecule has 8 heteroatoms. The summed E-state index contributed by atoms with van der Waals surface area (Å²) in [4.78, 5) is 17.9. The zero-order valence-corrected chi connectivity index (χ0v) is 15.2. The minimum atomic E-state index is -0.0712. The normalized spacial score (nSPS) is 12.0. The lowest BCUT2D eigenvalue weighted by Crippen LogP contribution is -2.39. The maximum Gasteiger partial charge on any atom is 0.317 e. The lowest BCUT2D eigenvalue weighted by Gasteiger charge is -2.25. The van der Waals surface area contributed by atoms with Crippen LogP contribution in [0, 0.1) is 6.92 Å². The van der Waals surface area contributed by atoms with E-state index in [0.29, 0.717) is 6.54 Å². The van der Waals surface area contributed by atoms with Crippen LogP contribution in [0.15, 0.2) is 28.9 Å². The molecule has 6 nitrogen and oxygen atoms in total. The van der Waals surface area contributed by atoms with Crippen LogP contribution in [0.4, 0.5) is 4.79 Å². The molecular weight excluding hydrogens is 330 g/mol. The number of nitrogens with zero attached hydrogens (tertiary/aromatic N) is 4. The Morgan fingerprint density at radius 1 is 1.48 bits per heavy atom. The SMILES string of the molecule is Cc1nnc(SCCCNC(=O)N(C)[C@H](C)c2cccnc2)s1. The molecule has 0 aliphatic carbocycles. The molecule has 1 N–H and O–H groups in total. The zero-order chi connectivity index (χ0) is 16.7. The quantitative estimate of drug-likeness (QED) is 0.613. The van der Waals surface area contributed by atoms with E-state index in [-0.39, 0.29) is 12.1 Å². The number of pyridine rings is 1.